The van der Waals surface area contributed by atoms with Crippen molar-refractivity contribution in [1.29, 1.82) is 0 Å². The van der Waals surface area contributed by atoms with E-state index < -0.39 is 0 Å². The van der Waals surface area contributed by atoms with Gasteiger partial charge in [-0.25, -0.2) is 0 Å². The first-order chi connectivity index (χ1) is 5.22. The Kier molecular flexibility index (Phi) is 4.09. The van der Waals surface area contributed by atoms with Gasteiger partial charge >= 0.3 is 79.5 Å². The van der Waals surface area contributed by atoms with E-state index in [2.05, 4.69) is 17.2 Å². The Hall–Kier alpha value is 0.650. The monoisotopic (exact) mass is 269 g/mol. The zero-order chi connectivity index (χ0) is 8.27. The second-order valence-electron chi connectivity index (χ2n) is 3.37. The molecule has 0 radical (unpaired) electrons. The van der Waals surface area contributed by atoms with Crippen molar-refractivity contribution in [2.24, 2.45) is 5.73 Å². The molecule has 11 heavy (non-hydrogen) atoms. The molecule has 0 aromatic rings. The fourth-order valence-electron chi connectivity index (χ4n) is 1.24. The molecular formula is C8H18IN2-. The maximum absolute atomic E-state index is 5.76. The molecule has 0 aliphatic carbocycles. The third kappa shape index (κ3) is 4.28. The van der Waals surface area contributed by atoms with Crippen molar-refractivity contribution in [1.82, 2.24) is 5.32 Å². The van der Waals surface area contributed by atoms with E-state index in [-0.39, 0.29) is 0 Å². The quantitative estimate of drug-likeness (QED) is 0.321. The minimum absolute atomic E-state index is 0.394. The van der Waals surface area contributed by atoms with Crippen molar-refractivity contribution >= 4 is 0 Å². The summed E-state index contributed by atoms with van der Waals surface area (Å²) in [6.07, 6.45) is 2.62. The van der Waals surface area contributed by atoms with Gasteiger partial charge in [0.05, 0.1) is 0 Å². The van der Waals surface area contributed by atoms with E-state index in [4.69, 9.17) is 5.73 Å². The normalized spacial score (nSPS) is 28.5. The van der Waals surface area contributed by atoms with Crippen molar-refractivity contribution < 1.29 is 21.2 Å². The minimum atomic E-state index is 0.394. The molecule has 3 atom stereocenters. The first kappa shape index (κ1) is 9.74. The summed E-state index contributed by atoms with van der Waals surface area (Å²) in [4.78, 5) is 2.37. The van der Waals surface area contributed by atoms with Crippen LogP contribution in [0.4, 0.5) is 0 Å². The zero-order valence-corrected chi connectivity index (χ0v) is 9.47. The number of rotatable bonds is 5. The molecule has 0 bridgehead atoms. The number of nitrogens with one attached hydrogen (secondary N) is 1. The van der Waals surface area contributed by atoms with Crippen LogP contribution in [0.2, 0.25) is 0 Å². The fraction of sp³-hybridized carbons (Fsp3) is 1.00. The molecule has 0 amide bonds. The Morgan fingerprint density at radius 1 is 1.73 bits per heavy atom. The molecule has 0 saturated carbocycles. The van der Waals surface area contributed by atoms with Crippen LogP contribution in [-0.4, -0.2) is 27.5 Å². The van der Waals surface area contributed by atoms with E-state index in [9.17, 15) is 0 Å². The molecule has 3 N–H and O–H groups in total. The van der Waals surface area contributed by atoms with Gasteiger partial charge in [0.15, 0.2) is 0 Å². The first-order valence-electron chi connectivity index (χ1n) is 4.19. The van der Waals surface area contributed by atoms with Crippen molar-refractivity contribution in [2.75, 3.05) is 11.5 Å². The fourth-order valence-corrected chi connectivity index (χ4v) is 3.67. The van der Waals surface area contributed by atoms with Crippen LogP contribution in [0.3, 0.4) is 0 Å². The number of alkyl halides is 2. The summed E-state index contributed by atoms with van der Waals surface area (Å²) in [6, 6.07) is 1.25. The number of nitrogens with two attached hydrogens (primary N) is 1. The van der Waals surface area contributed by atoms with Crippen LogP contribution in [0.5, 0.6) is 0 Å². The van der Waals surface area contributed by atoms with Gasteiger partial charge in [0.2, 0.25) is 0 Å². The third-order valence-electron chi connectivity index (χ3n) is 1.97. The summed E-state index contributed by atoms with van der Waals surface area (Å²) >= 11 is 0.394. The molecule has 0 aromatic heterocycles. The van der Waals surface area contributed by atoms with Crippen LogP contribution in [0.15, 0.2) is 0 Å². The Labute approximate surface area is 79.6 Å². The average molecular weight is 269 g/mol. The zero-order valence-electron chi connectivity index (χ0n) is 7.31. The van der Waals surface area contributed by atoms with Gasteiger partial charge in [-0.3, -0.25) is 0 Å². The molecule has 0 aromatic carbocycles. The summed E-state index contributed by atoms with van der Waals surface area (Å²) in [5.41, 5.74) is 5.76. The Morgan fingerprint density at radius 3 is 2.73 bits per heavy atom. The summed E-state index contributed by atoms with van der Waals surface area (Å²) in [7, 11) is 0. The standard InChI is InChI=1S/C8H18IN2/c1-6(10)3-7(9-2)4-8-5-11-8/h6-8,11H,3-5,10H2,1-2H3/q-1. The molecule has 68 valence electrons. The molecule has 0 spiro atoms. The molecular weight excluding hydrogens is 251 g/mol. The Bertz CT molecular complexity index is 109. The molecule has 2 nitrogen and oxygen atoms in total. The summed E-state index contributed by atoms with van der Waals surface area (Å²) in [6.45, 7) is 3.37. The Morgan fingerprint density at radius 2 is 2.36 bits per heavy atom. The average Bonchev–Trinajstić information content (AvgIpc) is 2.69. The molecule has 1 saturated heterocycles. The van der Waals surface area contributed by atoms with Crippen LogP contribution in [-0.2, 0) is 0 Å². The van der Waals surface area contributed by atoms with Gasteiger partial charge < -0.3 is 0 Å². The van der Waals surface area contributed by atoms with Crippen LogP contribution >= 0.6 is 0 Å². The van der Waals surface area contributed by atoms with Crippen LogP contribution in [0, 0.1) is 0 Å². The summed E-state index contributed by atoms with van der Waals surface area (Å²) in [5, 5.41) is 3.35. The van der Waals surface area contributed by atoms with Gasteiger partial charge in [0, 0.05) is 0 Å². The van der Waals surface area contributed by atoms with E-state index in [1.165, 1.54) is 19.4 Å². The molecule has 1 aliphatic rings. The van der Waals surface area contributed by atoms with Crippen molar-refractivity contribution in [3.05, 3.63) is 0 Å². The van der Waals surface area contributed by atoms with Crippen molar-refractivity contribution in [2.45, 2.75) is 35.8 Å². The van der Waals surface area contributed by atoms with Gasteiger partial charge in [-0.15, -0.1) is 0 Å². The van der Waals surface area contributed by atoms with E-state index in [0.29, 0.717) is 27.2 Å². The van der Waals surface area contributed by atoms with Crippen LogP contribution in [0.25, 0.3) is 0 Å². The van der Waals surface area contributed by atoms with Crippen molar-refractivity contribution in [3.8, 4) is 0 Å². The van der Waals surface area contributed by atoms with E-state index >= 15 is 0 Å². The van der Waals surface area contributed by atoms with E-state index in [0.717, 1.165) is 9.97 Å². The molecule has 1 heterocycles. The molecule has 1 aliphatic heterocycles. The molecule has 3 heteroatoms. The van der Waals surface area contributed by atoms with Crippen LogP contribution in [0.1, 0.15) is 19.8 Å². The van der Waals surface area contributed by atoms with Gasteiger partial charge in [-0.1, -0.05) is 0 Å². The van der Waals surface area contributed by atoms with Gasteiger partial charge in [-0.05, 0) is 0 Å². The molecule has 3 unspecified atom stereocenters. The molecule has 1 rings (SSSR count). The van der Waals surface area contributed by atoms with Crippen LogP contribution < -0.4 is 32.3 Å². The molecule has 1 fully saturated rings. The number of hydrogen-bond donors (Lipinski definition) is 2. The van der Waals surface area contributed by atoms with Crippen molar-refractivity contribution in [3.63, 3.8) is 0 Å². The predicted octanol–water partition coefficient (Wildman–Crippen LogP) is -2.83. The number of halogens is 1. The number of hydrogen-bond acceptors (Lipinski definition) is 2. The Balaban J connectivity index is 2.12. The van der Waals surface area contributed by atoms with Gasteiger partial charge in [-0.2, -0.15) is 0 Å². The third-order valence-corrected chi connectivity index (χ3v) is 4.75. The second kappa shape index (κ2) is 4.62. The predicted molar refractivity (Wildman–Crippen MR) is 44.4 cm³/mol. The van der Waals surface area contributed by atoms with Gasteiger partial charge in [0.1, 0.15) is 0 Å². The van der Waals surface area contributed by atoms with E-state index in [1.807, 2.05) is 0 Å². The van der Waals surface area contributed by atoms with Gasteiger partial charge in [0.25, 0.3) is 0 Å². The summed E-state index contributed by atoms with van der Waals surface area (Å²) in [5.74, 6) is 0. The SMILES string of the molecule is C[I-]C(CC(C)N)CC1CN1. The second-order valence-corrected chi connectivity index (χ2v) is 6.38. The topological polar surface area (TPSA) is 48.0 Å². The van der Waals surface area contributed by atoms with E-state index in [1.54, 1.807) is 0 Å². The summed E-state index contributed by atoms with van der Waals surface area (Å²) < 4.78 is 0.953. The first-order valence-corrected chi connectivity index (χ1v) is 7.59. The maximum atomic E-state index is 5.76.